The smallest absolute Gasteiger partial charge is 0.338 e. The molecule has 0 bridgehead atoms. The predicted octanol–water partition coefficient (Wildman–Crippen LogP) is 2.85. The molecule has 0 saturated heterocycles. The minimum absolute atomic E-state index is 0.368. The van der Waals surface area contributed by atoms with Crippen LogP contribution < -0.4 is 0 Å². The number of ether oxygens (including phenoxy) is 2. The fourth-order valence-electron chi connectivity index (χ4n) is 1.10. The van der Waals surface area contributed by atoms with Crippen molar-refractivity contribution in [1.82, 2.24) is 0 Å². The van der Waals surface area contributed by atoms with Gasteiger partial charge in [0.15, 0.2) is 0 Å². The van der Waals surface area contributed by atoms with Gasteiger partial charge >= 0.3 is 5.97 Å². The van der Waals surface area contributed by atoms with Gasteiger partial charge in [0, 0.05) is 4.47 Å². The normalized spacial score (nSPS) is 10.3. The summed E-state index contributed by atoms with van der Waals surface area (Å²) in [6.45, 7) is 0. The van der Waals surface area contributed by atoms with Crippen LogP contribution >= 0.6 is 15.9 Å². The van der Waals surface area contributed by atoms with E-state index in [-0.39, 0.29) is 5.97 Å². The third-order valence-electron chi connectivity index (χ3n) is 1.80. The molecule has 0 radical (unpaired) electrons. The molecule has 15 heavy (non-hydrogen) atoms. The van der Waals surface area contributed by atoms with Gasteiger partial charge in [-0.15, -0.1) is 0 Å². The van der Waals surface area contributed by atoms with Crippen molar-refractivity contribution >= 4 is 28.0 Å². The van der Waals surface area contributed by atoms with Gasteiger partial charge in [0.05, 0.1) is 26.0 Å². The molecule has 0 aliphatic carbocycles. The van der Waals surface area contributed by atoms with Crippen LogP contribution in [0.25, 0.3) is 6.08 Å². The molecule has 4 heteroatoms. The highest BCUT2D eigenvalue weighted by molar-refractivity contribution is 9.10. The Kier molecular flexibility index (Phi) is 4.37. The van der Waals surface area contributed by atoms with Gasteiger partial charge in [-0.1, -0.05) is 22.0 Å². The molecule has 0 saturated carbocycles. The Morgan fingerprint density at radius 1 is 1.40 bits per heavy atom. The van der Waals surface area contributed by atoms with Gasteiger partial charge in [-0.25, -0.2) is 4.79 Å². The van der Waals surface area contributed by atoms with E-state index in [2.05, 4.69) is 20.7 Å². The maximum Gasteiger partial charge on any atom is 0.338 e. The Morgan fingerprint density at radius 2 is 2.13 bits per heavy atom. The predicted molar refractivity (Wildman–Crippen MR) is 61.5 cm³/mol. The van der Waals surface area contributed by atoms with Crippen LogP contribution in [-0.2, 0) is 9.47 Å². The van der Waals surface area contributed by atoms with Crippen molar-refractivity contribution < 1.29 is 14.3 Å². The lowest BCUT2D eigenvalue weighted by Crippen LogP contribution is -2.03. The van der Waals surface area contributed by atoms with Crippen LogP contribution in [0.15, 0.2) is 28.9 Å². The standard InChI is InChI=1S/C11H11BrO3/c1-14-6-5-8-3-4-9(12)7-10(8)11(13)15-2/h3-7H,1-2H3/b6-5-. The summed E-state index contributed by atoms with van der Waals surface area (Å²) in [6, 6.07) is 5.37. The minimum atomic E-state index is -0.368. The van der Waals surface area contributed by atoms with Crippen molar-refractivity contribution in [3.63, 3.8) is 0 Å². The molecule has 1 rings (SSSR count). The Bertz CT molecular complexity index is 385. The van der Waals surface area contributed by atoms with E-state index in [1.165, 1.54) is 13.4 Å². The number of halogens is 1. The minimum Gasteiger partial charge on any atom is -0.504 e. The lowest BCUT2D eigenvalue weighted by Gasteiger charge is -2.04. The fourth-order valence-corrected chi connectivity index (χ4v) is 1.46. The van der Waals surface area contributed by atoms with E-state index < -0.39 is 0 Å². The van der Waals surface area contributed by atoms with Crippen LogP contribution in [0, 0.1) is 0 Å². The first-order chi connectivity index (χ1) is 7.19. The average Bonchev–Trinajstić information content (AvgIpc) is 2.26. The summed E-state index contributed by atoms with van der Waals surface area (Å²) in [5, 5.41) is 0. The van der Waals surface area contributed by atoms with Crippen LogP contribution in [0.1, 0.15) is 15.9 Å². The maximum absolute atomic E-state index is 11.4. The van der Waals surface area contributed by atoms with Crippen molar-refractivity contribution in [1.29, 1.82) is 0 Å². The first kappa shape index (κ1) is 11.8. The van der Waals surface area contributed by atoms with E-state index in [4.69, 9.17) is 4.74 Å². The molecule has 1 aromatic rings. The molecule has 80 valence electrons. The number of benzene rings is 1. The van der Waals surface area contributed by atoms with Gasteiger partial charge in [-0.05, 0) is 23.8 Å². The average molecular weight is 271 g/mol. The van der Waals surface area contributed by atoms with E-state index in [1.54, 1.807) is 19.3 Å². The molecule has 0 amide bonds. The van der Waals surface area contributed by atoms with E-state index in [0.717, 1.165) is 10.0 Å². The van der Waals surface area contributed by atoms with Gasteiger partial charge in [0.2, 0.25) is 0 Å². The lowest BCUT2D eigenvalue weighted by molar-refractivity contribution is 0.0600. The number of esters is 1. The number of hydrogen-bond acceptors (Lipinski definition) is 3. The molecule has 0 fully saturated rings. The van der Waals surface area contributed by atoms with Crippen LogP contribution in [0.3, 0.4) is 0 Å². The molecule has 1 aromatic carbocycles. The number of carbonyl (C=O) groups is 1. The summed E-state index contributed by atoms with van der Waals surface area (Å²) in [5.74, 6) is -0.368. The third-order valence-corrected chi connectivity index (χ3v) is 2.30. The molecule has 0 aromatic heterocycles. The molecule has 0 heterocycles. The highest BCUT2D eigenvalue weighted by atomic mass is 79.9. The summed E-state index contributed by atoms with van der Waals surface area (Å²) in [5.41, 5.74) is 1.26. The van der Waals surface area contributed by atoms with Crippen molar-refractivity contribution in [2.45, 2.75) is 0 Å². The molecule has 3 nitrogen and oxygen atoms in total. The Hall–Kier alpha value is -1.29. The Balaban J connectivity index is 3.14. The van der Waals surface area contributed by atoms with Crippen molar-refractivity contribution in [3.05, 3.63) is 40.1 Å². The quantitative estimate of drug-likeness (QED) is 0.626. The first-order valence-electron chi connectivity index (χ1n) is 4.26. The second kappa shape index (κ2) is 5.56. The van der Waals surface area contributed by atoms with Gasteiger partial charge in [0.1, 0.15) is 0 Å². The molecule has 0 aliphatic rings. The molecule has 0 N–H and O–H groups in total. The van der Waals surface area contributed by atoms with Gasteiger partial charge < -0.3 is 9.47 Å². The zero-order chi connectivity index (χ0) is 11.3. The Morgan fingerprint density at radius 3 is 2.73 bits per heavy atom. The number of rotatable bonds is 3. The highest BCUT2D eigenvalue weighted by Crippen LogP contribution is 2.18. The summed E-state index contributed by atoms with van der Waals surface area (Å²) in [6.07, 6.45) is 3.22. The van der Waals surface area contributed by atoms with E-state index in [0.29, 0.717) is 5.56 Å². The number of methoxy groups -OCH3 is 2. The van der Waals surface area contributed by atoms with E-state index in [1.807, 2.05) is 12.1 Å². The van der Waals surface area contributed by atoms with Gasteiger partial charge in [0.25, 0.3) is 0 Å². The highest BCUT2D eigenvalue weighted by Gasteiger charge is 2.10. The SMILES string of the molecule is CO/C=C\c1ccc(Br)cc1C(=O)OC. The van der Waals surface area contributed by atoms with Crippen molar-refractivity contribution in [3.8, 4) is 0 Å². The number of carbonyl (C=O) groups excluding carboxylic acids is 1. The first-order valence-corrected chi connectivity index (χ1v) is 5.05. The van der Waals surface area contributed by atoms with Gasteiger partial charge in [-0.2, -0.15) is 0 Å². The lowest BCUT2D eigenvalue weighted by atomic mass is 10.1. The molecular formula is C11H11BrO3. The topological polar surface area (TPSA) is 35.5 Å². The van der Waals surface area contributed by atoms with Crippen LogP contribution in [0.2, 0.25) is 0 Å². The summed E-state index contributed by atoms with van der Waals surface area (Å²) >= 11 is 3.30. The van der Waals surface area contributed by atoms with Crippen LogP contribution in [0.5, 0.6) is 0 Å². The zero-order valence-corrected chi connectivity index (χ0v) is 10.1. The zero-order valence-electron chi connectivity index (χ0n) is 8.49. The van der Waals surface area contributed by atoms with Crippen LogP contribution in [0.4, 0.5) is 0 Å². The van der Waals surface area contributed by atoms with E-state index in [9.17, 15) is 4.79 Å². The Labute approximate surface area is 96.8 Å². The monoisotopic (exact) mass is 270 g/mol. The van der Waals surface area contributed by atoms with E-state index >= 15 is 0 Å². The number of hydrogen-bond donors (Lipinski definition) is 0. The fraction of sp³-hybridized carbons (Fsp3) is 0.182. The van der Waals surface area contributed by atoms with Crippen molar-refractivity contribution in [2.75, 3.05) is 14.2 Å². The molecule has 0 aliphatic heterocycles. The van der Waals surface area contributed by atoms with Crippen LogP contribution in [-0.4, -0.2) is 20.2 Å². The molecular weight excluding hydrogens is 260 g/mol. The summed E-state index contributed by atoms with van der Waals surface area (Å²) in [7, 11) is 2.90. The molecule has 0 unspecified atom stereocenters. The maximum atomic E-state index is 11.4. The molecule has 0 atom stereocenters. The van der Waals surface area contributed by atoms with Gasteiger partial charge in [-0.3, -0.25) is 0 Å². The third kappa shape index (κ3) is 3.09. The summed E-state index contributed by atoms with van der Waals surface area (Å²) < 4.78 is 10.3. The second-order valence-corrected chi connectivity index (χ2v) is 3.68. The largest absolute Gasteiger partial charge is 0.504 e. The summed E-state index contributed by atoms with van der Waals surface area (Å²) in [4.78, 5) is 11.4. The second-order valence-electron chi connectivity index (χ2n) is 2.76. The van der Waals surface area contributed by atoms with Crippen molar-refractivity contribution in [2.24, 2.45) is 0 Å². The molecule has 0 spiro atoms.